The predicted molar refractivity (Wildman–Crippen MR) is 78.5 cm³/mol. The summed E-state index contributed by atoms with van der Waals surface area (Å²) in [5.74, 6) is 0.865. The topological polar surface area (TPSA) is 49.3 Å². The first-order chi connectivity index (χ1) is 8.90. The van der Waals surface area contributed by atoms with E-state index in [0.717, 1.165) is 18.4 Å². The summed E-state index contributed by atoms with van der Waals surface area (Å²) in [5, 5.41) is 12.4. The van der Waals surface area contributed by atoms with E-state index in [0.29, 0.717) is 11.5 Å². The highest BCUT2D eigenvalue weighted by Gasteiger charge is 2.11. The number of aromatic hydroxyl groups is 1. The van der Waals surface area contributed by atoms with Crippen LogP contribution in [-0.4, -0.2) is 17.1 Å². The van der Waals surface area contributed by atoms with E-state index in [2.05, 4.69) is 19.2 Å². The molecule has 0 bridgehead atoms. The van der Waals surface area contributed by atoms with Crippen LogP contribution in [0.5, 0.6) is 5.75 Å². The molecule has 106 valence electrons. The van der Waals surface area contributed by atoms with Crippen molar-refractivity contribution < 1.29 is 9.90 Å². The molecule has 0 aliphatic carbocycles. The highest BCUT2D eigenvalue weighted by atomic mass is 16.3. The molecule has 0 saturated carbocycles. The minimum absolute atomic E-state index is 0.0693. The van der Waals surface area contributed by atoms with Crippen molar-refractivity contribution in [3.05, 3.63) is 29.3 Å². The van der Waals surface area contributed by atoms with Gasteiger partial charge in [0.25, 0.3) is 5.91 Å². The Hall–Kier alpha value is -1.51. The Morgan fingerprint density at radius 2 is 1.95 bits per heavy atom. The van der Waals surface area contributed by atoms with Crippen LogP contribution in [0.4, 0.5) is 0 Å². The quantitative estimate of drug-likeness (QED) is 0.823. The number of rotatable bonds is 6. The number of phenolic OH excluding ortho intramolecular Hbond substituents is 1. The van der Waals surface area contributed by atoms with E-state index in [-0.39, 0.29) is 17.7 Å². The first-order valence-electron chi connectivity index (χ1n) is 7.00. The molecule has 0 fully saturated rings. The fourth-order valence-electron chi connectivity index (χ4n) is 2.01. The lowest BCUT2D eigenvalue weighted by Crippen LogP contribution is -2.32. The standard InChI is InChI=1S/C16H25NO2/c1-11(2)6-5-7-13(4)17-16(19)14-8-9-15(18)12(3)10-14/h8-11,13,18H,5-7H2,1-4H3,(H,17,19). The molecule has 19 heavy (non-hydrogen) atoms. The van der Waals surface area contributed by atoms with Crippen LogP contribution in [0, 0.1) is 12.8 Å². The number of benzene rings is 1. The van der Waals surface area contributed by atoms with Gasteiger partial charge in [0.15, 0.2) is 0 Å². The van der Waals surface area contributed by atoms with E-state index in [1.165, 1.54) is 6.42 Å². The lowest BCUT2D eigenvalue weighted by molar-refractivity contribution is 0.0937. The van der Waals surface area contributed by atoms with Gasteiger partial charge in [-0.2, -0.15) is 0 Å². The lowest BCUT2D eigenvalue weighted by Gasteiger charge is -2.15. The Kier molecular flexibility index (Phi) is 5.87. The Morgan fingerprint density at radius 1 is 1.26 bits per heavy atom. The second-order valence-electron chi connectivity index (χ2n) is 5.70. The van der Waals surface area contributed by atoms with Crippen molar-refractivity contribution in [1.29, 1.82) is 0 Å². The molecule has 3 heteroatoms. The van der Waals surface area contributed by atoms with Crippen molar-refractivity contribution in [2.45, 2.75) is 53.0 Å². The van der Waals surface area contributed by atoms with E-state index < -0.39 is 0 Å². The van der Waals surface area contributed by atoms with E-state index in [4.69, 9.17) is 0 Å². The monoisotopic (exact) mass is 263 g/mol. The maximum absolute atomic E-state index is 12.0. The number of amides is 1. The normalized spacial score (nSPS) is 12.5. The first-order valence-corrected chi connectivity index (χ1v) is 7.00. The van der Waals surface area contributed by atoms with Crippen molar-refractivity contribution in [3.63, 3.8) is 0 Å². The summed E-state index contributed by atoms with van der Waals surface area (Å²) in [7, 11) is 0. The highest BCUT2D eigenvalue weighted by Crippen LogP contribution is 2.17. The molecule has 1 atom stereocenters. The molecule has 2 N–H and O–H groups in total. The lowest BCUT2D eigenvalue weighted by atomic mass is 10.0. The van der Waals surface area contributed by atoms with Crippen LogP contribution in [0.3, 0.4) is 0 Å². The summed E-state index contributed by atoms with van der Waals surface area (Å²) < 4.78 is 0. The van der Waals surface area contributed by atoms with Gasteiger partial charge in [-0.05, 0) is 49.9 Å². The van der Waals surface area contributed by atoms with Gasteiger partial charge in [-0.15, -0.1) is 0 Å². The zero-order chi connectivity index (χ0) is 14.4. The SMILES string of the molecule is Cc1cc(C(=O)NC(C)CCCC(C)C)ccc1O. The Morgan fingerprint density at radius 3 is 2.53 bits per heavy atom. The van der Waals surface area contributed by atoms with Gasteiger partial charge in [-0.3, -0.25) is 4.79 Å². The van der Waals surface area contributed by atoms with Crippen LogP contribution in [0.1, 0.15) is 56.0 Å². The van der Waals surface area contributed by atoms with Gasteiger partial charge < -0.3 is 10.4 Å². The molecule has 3 nitrogen and oxygen atoms in total. The van der Waals surface area contributed by atoms with Gasteiger partial charge in [-0.25, -0.2) is 0 Å². The highest BCUT2D eigenvalue weighted by molar-refractivity contribution is 5.94. The fraction of sp³-hybridized carbons (Fsp3) is 0.562. The van der Waals surface area contributed by atoms with Crippen LogP contribution >= 0.6 is 0 Å². The van der Waals surface area contributed by atoms with Crippen LogP contribution in [0.15, 0.2) is 18.2 Å². The van der Waals surface area contributed by atoms with Crippen LogP contribution < -0.4 is 5.32 Å². The Bertz CT molecular complexity index is 427. The van der Waals surface area contributed by atoms with Crippen LogP contribution in [0.2, 0.25) is 0 Å². The van der Waals surface area contributed by atoms with E-state index >= 15 is 0 Å². The summed E-state index contributed by atoms with van der Waals surface area (Å²) in [4.78, 5) is 12.0. The van der Waals surface area contributed by atoms with Crippen LogP contribution in [0.25, 0.3) is 0 Å². The minimum atomic E-state index is -0.0693. The molecule has 1 amide bonds. The van der Waals surface area contributed by atoms with Gasteiger partial charge in [0.2, 0.25) is 0 Å². The average Bonchev–Trinajstić information content (AvgIpc) is 2.32. The predicted octanol–water partition coefficient (Wildman–Crippen LogP) is 3.65. The molecule has 0 saturated heterocycles. The molecular formula is C16H25NO2. The largest absolute Gasteiger partial charge is 0.508 e. The second-order valence-corrected chi connectivity index (χ2v) is 5.70. The molecule has 0 aliphatic heterocycles. The van der Waals surface area contributed by atoms with Crippen LogP contribution in [-0.2, 0) is 0 Å². The molecule has 1 aromatic carbocycles. The molecule has 0 heterocycles. The van der Waals surface area contributed by atoms with Gasteiger partial charge in [0.05, 0.1) is 0 Å². The van der Waals surface area contributed by atoms with Crippen molar-refractivity contribution >= 4 is 5.91 Å². The molecule has 1 rings (SSSR count). The Labute approximate surface area is 116 Å². The van der Waals surface area contributed by atoms with Crippen molar-refractivity contribution in [3.8, 4) is 5.75 Å². The fourth-order valence-corrected chi connectivity index (χ4v) is 2.01. The third kappa shape index (κ3) is 5.33. The summed E-state index contributed by atoms with van der Waals surface area (Å²) >= 11 is 0. The number of aryl methyl sites for hydroxylation is 1. The van der Waals surface area contributed by atoms with Gasteiger partial charge >= 0.3 is 0 Å². The second kappa shape index (κ2) is 7.17. The zero-order valence-electron chi connectivity index (χ0n) is 12.4. The smallest absolute Gasteiger partial charge is 0.251 e. The molecule has 0 radical (unpaired) electrons. The van der Waals surface area contributed by atoms with Crippen molar-refractivity contribution in [1.82, 2.24) is 5.32 Å². The van der Waals surface area contributed by atoms with Gasteiger partial charge in [-0.1, -0.05) is 26.7 Å². The number of nitrogens with one attached hydrogen (secondary N) is 1. The number of carbonyl (C=O) groups excluding carboxylic acids is 1. The molecular weight excluding hydrogens is 238 g/mol. The van der Waals surface area contributed by atoms with E-state index in [9.17, 15) is 9.90 Å². The number of carbonyl (C=O) groups is 1. The summed E-state index contributed by atoms with van der Waals surface area (Å²) in [5.41, 5.74) is 1.33. The Balaban J connectivity index is 2.47. The maximum Gasteiger partial charge on any atom is 0.251 e. The van der Waals surface area contributed by atoms with Crippen molar-refractivity contribution in [2.24, 2.45) is 5.92 Å². The number of phenols is 1. The first kappa shape index (κ1) is 15.5. The average molecular weight is 263 g/mol. The third-order valence-electron chi connectivity index (χ3n) is 3.26. The number of hydrogen-bond acceptors (Lipinski definition) is 2. The zero-order valence-corrected chi connectivity index (χ0v) is 12.4. The molecule has 0 aliphatic rings. The molecule has 0 spiro atoms. The van der Waals surface area contributed by atoms with Crippen molar-refractivity contribution in [2.75, 3.05) is 0 Å². The molecule has 1 aromatic rings. The molecule has 1 unspecified atom stereocenters. The maximum atomic E-state index is 12.0. The van der Waals surface area contributed by atoms with E-state index in [1.807, 2.05) is 6.92 Å². The minimum Gasteiger partial charge on any atom is -0.508 e. The van der Waals surface area contributed by atoms with Gasteiger partial charge in [0.1, 0.15) is 5.75 Å². The third-order valence-corrected chi connectivity index (χ3v) is 3.26. The summed E-state index contributed by atoms with van der Waals surface area (Å²) in [6, 6.07) is 5.11. The molecule has 0 aromatic heterocycles. The summed E-state index contributed by atoms with van der Waals surface area (Å²) in [6.07, 6.45) is 3.33. The number of hydrogen-bond donors (Lipinski definition) is 2. The summed E-state index contributed by atoms with van der Waals surface area (Å²) in [6.45, 7) is 8.24. The van der Waals surface area contributed by atoms with E-state index in [1.54, 1.807) is 25.1 Å². The van der Waals surface area contributed by atoms with Gasteiger partial charge in [0, 0.05) is 11.6 Å².